The fourth-order valence-electron chi connectivity index (χ4n) is 3.59. The first-order chi connectivity index (χ1) is 9.58. The molecule has 0 amide bonds. The Morgan fingerprint density at radius 1 is 1.35 bits per heavy atom. The van der Waals surface area contributed by atoms with Gasteiger partial charge in [-0.1, -0.05) is 0 Å². The van der Waals surface area contributed by atoms with Crippen molar-refractivity contribution in [3.05, 3.63) is 0 Å². The van der Waals surface area contributed by atoms with Gasteiger partial charge in [-0.3, -0.25) is 9.80 Å². The zero-order chi connectivity index (χ0) is 14.6. The third-order valence-corrected chi connectivity index (χ3v) is 5.24. The predicted octanol–water partition coefficient (Wildman–Crippen LogP) is 1.83. The Kier molecular flexibility index (Phi) is 5.42. The first-order valence-corrected chi connectivity index (χ1v) is 8.16. The van der Waals surface area contributed by atoms with Gasteiger partial charge in [0.2, 0.25) is 0 Å². The second-order valence-electron chi connectivity index (χ2n) is 6.79. The van der Waals surface area contributed by atoms with Gasteiger partial charge in [0.05, 0.1) is 6.07 Å². The molecule has 3 atom stereocenters. The number of unbranched alkanes of at least 4 members (excludes halogenated alkanes) is 1. The van der Waals surface area contributed by atoms with Crippen molar-refractivity contribution in [1.29, 1.82) is 5.26 Å². The van der Waals surface area contributed by atoms with E-state index in [1.165, 1.54) is 45.4 Å². The minimum Gasteiger partial charge on any atom is -0.303 e. The van der Waals surface area contributed by atoms with Gasteiger partial charge in [-0.2, -0.15) is 5.26 Å². The average Bonchev–Trinajstić information content (AvgIpc) is 2.90. The molecule has 0 spiro atoms. The highest BCUT2D eigenvalue weighted by Gasteiger charge is 2.33. The topological polar surface area (TPSA) is 42.3 Å². The van der Waals surface area contributed by atoms with Crippen LogP contribution in [0.4, 0.5) is 0 Å². The van der Waals surface area contributed by atoms with Gasteiger partial charge < -0.3 is 5.32 Å². The van der Waals surface area contributed by atoms with E-state index >= 15 is 0 Å². The van der Waals surface area contributed by atoms with E-state index in [1.54, 1.807) is 0 Å². The van der Waals surface area contributed by atoms with Gasteiger partial charge in [0.25, 0.3) is 0 Å². The van der Waals surface area contributed by atoms with Gasteiger partial charge in [-0.05, 0) is 66.1 Å². The molecular formula is C16H30N4. The molecule has 0 bridgehead atoms. The molecule has 114 valence electrons. The molecule has 2 rings (SSSR count). The summed E-state index contributed by atoms with van der Waals surface area (Å²) in [5.41, 5.74) is -0.351. The third kappa shape index (κ3) is 3.72. The summed E-state index contributed by atoms with van der Waals surface area (Å²) in [6.45, 7) is 9.36. The third-order valence-electron chi connectivity index (χ3n) is 5.24. The molecule has 0 aromatic carbocycles. The van der Waals surface area contributed by atoms with Crippen molar-refractivity contribution in [2.45, 2.75) is 63.6 Å². The Balaban J connectivity index is 1.70. The quantitative estimate of drug-likeness (QED) is 0.753. The lowest BCUT2D eigenvalue weighted by atomic mass is 9.96. The number of piperazine rings is 1. The summed E-state index contributed by atoms with van der Waals surface area (Å²) in [7, 11) is 1.88. The maximum atomic E-state index is 9.15. The molecule has 20 heavy (non-hydrogen) atoms. The number of fused-ring (bicyclic) bond motifs is 1. The minimum atomic E-state index is -0.351. The first-order valence-electron chi connectivity index (χ1n) is 8.16. The molecule has 2 aliphatic rings. The first kappa shape index (κ1) is 15.8. The van der Waals surface area contributed by atoms with Crippen molar-refractivity contribution in [3.63, 3.8) is 0 Å². The Hall–Kier alpha value is -0.630. The lowest BCUT2D eigenvalue weighted by Gasteiger charge is -2.42. The number of hydrogen-bond donors (Lipinski definition) is 1. The number of hydrogen-bond acceptors (Lipinski definition) is 4. The zero-order valence-corrected chi connectivity index (χ0v) is 13.4. The molecule has 0 radical (unpaired) electrons. The van der Waals surface area contributed by atoms with E-state index in [9.17, 15) is 0 Å². The summed E-state index contributed by atoms with van der Waals surface area (Å²) in [6, 6.07) is 3.88. The fraction of sp³-hybridized carbons (Fsp3) is 0.938. The molecule has 1 N–H and O–H groups in total. The van der Waals surface area contributed by atoms with E-state index in [1.807, 2.05) is 14.0 Å². The highest BCUT2D eigenvalue weighted by molar-refractivity contribution is 5.02. The summed E-state index contributed by atoms with van der Waals surface area (Å²) in [4.78, 5) is 5.34. The molecule has 3 unspecified atom stereocenters. The Bertz CT molecular complexity index is 351. The Morgan fingerprint density at radius 3 is 2.85 bits per heavy atom. The van der Waals surface area contributed by atoms with E-state index in [-0.39, 0.29) is 5.54 Å². The van der Waals surface area contributed by atoms with Crippen LogP contribution in [0.1, 0.15) is 46.0 Å². The number of rotatable bonds is 6. The molecule has 0 aliphatic carbocycles. The van der Waals surface area contributed by atoms with E-state index in [4.69, 9.17) is 5.26 Å². The van der Waals surface area contributed by atoms with Gasteiger partial charge in [0, 0.05) is 25.2 Å². The van der Waals surface area contributed by atoms with Gasteiger partial charge in [-0.15, -0.1) is 0 Å². The second kappa shape index (κ2) is 6.89. The molecule has 2 saturated heterocycles. The standard InChI is InChI=1S/C16H30N4/c1-14-11-20-10-6-7-15(20)12-19(14)9-5-4-8-16(2,13-17)18-3/h14-15,18H,4-12H2,1-3H3. The molecule has 2 aliphatic heterocycles. The van der Waals surface area contributed by atoms with Gasteiger partial charge in [0.15, 0.2) is 0 Å². The van der Waals surface area contributed by atoms with Gasteiger partial charge in [-0.25, -0.2) is 0 Å². The summed E-state index contributed by atoms with van der Waals surface area (Å²) in [5.74, 6) is 0. The monoisotopic (exact) mass is 278 g/mol. The zero-order valence-electron chi connectivity index (χ0n) is 13.4. The maximum Gasteiger partial charge on any atom is 0.103 e. The van der Waals surface area contributed by atoms with Crippen molar-refractivity contribution in [2.24, 2.45) is 0 Å². The van der Waals surface area contributed by atoms with Crippen molar-refractivity contribution >= 4 is 0 Å². The Morgan fingerprint density at radius 2 is 2.15 bits per heavy atom. The van der Waals surface area contributed by atoms with Crippen LogP contribution in [0.2, 0.25) is 0 Å². The summed E-state index contributed by atoms with van der Waals surface area (Å²) in [6.07, 6.45) is 6.04. The molecule has 0 aromatic heterocycles. The molecule has 0 aromatic rings. The highest BCUT2D eigenvalue weighted by atomic mass is 15.3. The van der Waals surface area contributed by atoms with Crippen LogP contribution in [0.3, 0.4) is 0 Å². The van der Waals surface area contributed by atoms with E-state index in [2.05, 4.69) is 28.1 Å². The van der Waals surface area contributed by atoms with Gasteiger partial charge in [0.1, 0.15) is 5.54 Å². The van der Waals surface area contributed by atoms with Crippen LogP contribution in [0.25, 0.3) is 0 Å². The molecule has 4 heteroatoms. The van der Waals surface area contributed by atoms with Crippen molar-refractivity contribution in [3.8, 4) is 6.07 Å². The van der Waals surface area contributed by atoms with Crippen molar-refractivity contribution in [1.82, 2.24) is 15.1 Å². The molecule has 2 heterocycles. The largest absolute Gasteiger partial charge is 0.303 e. The summed E-state index contributed by atoms with van der Waals surface area (Å²) in [5, 5.41) is 12.3. The summed E-state index contributed by atoms with van der Waals surface area (Å²) < 4.78 is 0. The number of nitrogens with one attached hydrogen (secondary N) is 1. The second-order valence-corrected chi connectivity index (χ2v) is 6.79. The van der Waals surface area contributed by atoms with E-state index < -0.39 is 0 Å². The molecular weight excluding hydrogens is 248 g/mol. The van der Waals surface area contributed by atoms with Crippen molar-refractivity contribution < 1.29 is 0 Å². The highest BCUT2D eigenvalue weighted by Crippen LogP contribution is 2.25. The molecule has 0 saturated carbocycles. The molecule has 4 nitrogen and oxygen atoms in total. The van der Waals surface area contributed by atoms with Crippen LogP contribution in [-0.2, 0) is 0 Å². The normalized spacial score (nSPS) is 30.7. The van der Waals surface area contributed by atoms with E-state index in [0.29, 0.717) is 6.04 Å². The van der Waals surface area contributed by atoms with Crippen LogP contribution < -0.4 is 5.32 Å². The Labute approximate surface area is 124 Å². The van der Waals surface area contributed by atoms with Crippen LogP contribution in [0.15, 0.2) is 0 Å². The predicted molar refractivity (Wildman–Crippen MR) is 82.6 cm³/mol. The van der Waals surface area contributed by atoms with Crippen LogP contribution in [0.5, 0.6) is 0 Å². The summed E-state index contributed by atoms with van der Waals surface area (Å²) >= 11 is 0. The smallest absolute Gasteiger partial charge is 0.103 e. The number of nitriles is 1. The SMILES string of the molecule is CNC(C)(C#N)CCCCN1CC2CCCN2CC1C. The van der Waals surface area contributed by atoms with Crippen LogP contribution in [-0.4, -0.2) is 60.6 Å². The lowest BCUT2D eigenvalue weighted by Crippen LogP contribution is -2.55. The number of nitrogens with zero attached hydrogens (tertiary/aromatic N) is 3. The minimum absolute atomic E-state index is 0.351. The molecule has 2 fully saturated rings. The van der Waals surface area contributed by atoms with Crippen LogP contribution in [0, 0.1) is 11.3 Å². The lowest BCUT2D eigenvalue weighted by molar-refractivity contribution is 0.0581. The maximum absolute atomic E-state index is 9.15. The van der Waals surface area contributed by atoms with Crippen LogP contribution >= 0.6 is 0 Å². The van der Waals surface area contributed by atoms with Crippen molar-refractivity contribution in [2.75, 3.05) is 33.2 Å². The average molecular weight is 278 g/mol. The van der Waals surface area contributed by atoms with Gasteiger partial charge >= 0.3 is 0 Å². The fourth-order valence-corrected chi connectivity index (χ4v) is 3.59. The van der Waals surface area contributed by atoms with E-state index in [0.717, 1.165) is 18.9 Å².